The Kier molecular flexibility index (Phi) is 7.78. The number of aryl methyl sites for hydroxylation is 1. The molecule has 1 aromatic rings. The van der Waals surface area contributed by atoms with E-state index < -0.39 is 0 Å². The third-order valence-electron chi connectivity index (χ3n) is 2.97. The Morgan fingerprint density at radius 3 is 2.42 bits per heavy atom. The van der Waals surface area contributed by atoms with Gasteiger partial charge in [0.25, 0.3) is 0 Å². The largest absolute Gasteiger partial charge is 0.192 e. The van der Waals surface area contributed by atoms with Crippen LogP contribution in [0.2, 0.25) is 0 Å². The lowest BCUT2D eigenvalue weighted by atomic mass is 10.0. The average molecular weight is 272 g/mol. The molecule has 0 atom stereocenters. The molecule has 0 amide bonds. The van der Waals surface area contributed by atoms with Crippen LogP contribution in [0.1, 0.15) is 49.3 Å². The van der Waals surface area contributed by atoms with Crippen LogP contribution in [0.4, 0.5) is 0 Å². The lowest BCUT2D eigenvalue weighted by Crippen LogP contribution is -1.91. The molecule has 0 fully saturated rings. The van der Waals surface area contributed by atoms with E-state index in [0.29, 0.717) is 11.1 Å². The molecule has 0 bridgehead atoms. The Labute approximate surface area is 120 Å². The van der Waals surface area contributed by atoms with E-state index in [4.69, 9.17) is 10.5 Å². The molecule has 2 nitrogen and oxygen atoms in total. The van der Waals surface area contributed by atoms with Crippen molar-refractivity contribution in [2.75, 3.05) is 11.5 Å². The minimum absolute atomic E-state index is 0.473. The number of rotatable bonds is 8. The molecule has 0 aliphatic rings. The van der Waals surface area contributed by atoms with E-state index in [1.54, 1.807) is 6.07 Å². The standard InChI is InChI=1S/C16H20N2S/c1-2-3-9-19-10-5-4-6-14-7-8-15(12-17)16(11-14)13-18/h7-8,11H,2-6,9-10H2,1H3. The Morgan fingerprint density at radius 2 is 1.74 bits per heavy atom. The molecule has 3 heteroatoms. The third kappa shape index (κ3) is 5.81. The maximum absolute atomic E-state index is 8.96. The number of nitriles is 2. The molecule has 0 radical (unpaired) electrons. The molecular formula is C16H20N2S. The van der Waals surface area contributed by atoms with Gasteiger partial charge in [0, 0.05) is 0 Å². The summed E-state index contributed by atoms with van der Waals surface area (Å²) in [5, 5.41) is 17.8. The first-order valence-electron chi connectivity index (χ1n) is 6.82. The summed E-state index contributed by atoms with van der Waals surface area (Å²) in [4.78, 5) is 0. The van der Waals surface area contributed by atoms with Gasteiger partial charge in [-0.3, -0.25) is 0 Å². The maximum Gasteiger partial charge on any atom is 0.101 e. The highest BCUT2D eigenvalue weighted by atomic mass is 32.2. The van der Waals surface area contributed by atoms with Crippen molar-refractivity contribution in [3.63, 3.8) is 0 Å². The molecule has 0 heterocycles. The number of nitrogens with zero attached hydrogens (tertiary/aromatic N) is 2. The lowest BCUT2D eigenvalue weighted by Gasteiger charge is -2.03. The molecule has 0 saturated carbocycles. The highest BCUT2D eigenvalue weighted by molar-refractivity contribution is 7.99. The van der Waals surface area contributed by atoms with Crippen molar-refractivity contribution in [1.29, 1.82) is 10.5 Å². The summed E-state index contributed by atoms with van der Waals surface area (Å²) in [6.07, 6.45) is 5.95. The van der Waals surface area contributed by atoms with Gasteiger partial charge in [0.2, 0.25) is 0 Å². The molecule has 1 rings (SSSR count). The Morgan fingerprint density at radius 1 is 1.00 bits per heavy atom. The fourth-order valence-electron chi connectivity index (χ4n) is 1.82. The van der Waals surface area contributed by atoms with Crippen LogP contribution in [0.25, 0.3) is 0 Å². The van der Waals surface area contributed by atoms with E-state index in [9.17, 15) is 0 Å². The summed E-state index contributed by atoms with van der Waals surface area (Å²) < 4.78 is 0. The van der Waals surface area contributed by atoms with E-state index in [-0.39, 0.29) is 0 Å². The third-order valence-corrected chi connectivity index (χ3v) is 4.13. The minimum atomic E-state index is 0.473. The predicted octanol–water partition coefficient (Wildman–Crippen LogP) is 4.29. The van der Waals surface area contributed by atoms with Gasteiger partial charge in [0.1, 0.15) is 12.1 Å². The van der Waals surface area contributed by atoms with E-state index in [1.165, 1.54) is 30.8 Å². The summed E-state index contributed by atoms with van der Waals surface area (Å²) in [6.45, 7) is 2.22. The Balaban J connectivity index is 2.31. The molecule has 0 aliphatic heterocycles. The molecule has 100 valence electrons. The number of hydrogen-bond acceptors (Lipinski definition) is 3. The smallest absolute Gasteiger partial charge is 0.101 e. The number of benzene rings is 1. The van der Waals surface area contributed by atoms with Crippen molar-refractivity contribution in [3.05, 3.63) is 34.9 Å². The van der Waals surface area contributed by atoms with E-state index in [2.05, 4.69) is 13.0 Å². The van der Waals surface area contributed by atoms with Crippen LogP contribution in [0.5, 0.6) is 0 Å². The van der Waals surface area contributed by atoms with Gasteiger partial charge in [-0.05, 0) is 54.9 Å². The van der Waals surface area contributed by atoms with Crippen LogP contribution in [-0.4, -0.2) is 11.5 Å². The zero-order chi connectivity index (χ0) is 13.9. The van der Waals surface area contributed by atoms with Crippen molar-refractivity contribution >= 4 is 11.8 Å². The van der Waals surface area contributed by atoms with Crippen molar-refractivity contribution in [2.45, 2.75) is 39.0 Å². The first-order valence-corrected chi connectivity index (χ1v) is 7.98. The molecule has 19 heavy (non-hydrogen) atoms. The molecule has 0 saturated heterocycles. The van der Waals surface area contributed by atoms with Crippen molar-refractivity contribution < 1.29 is 0 Å². The van der Waals surface area contributed by atoms with Crippen LogP contribution in [0, 0.1) is 22.7 Å². The maximum atomic E-state index is 8.96. The van der Waals surface area contributed by atoms with Crippen molar-refractivity contribution in [1.82, 2.24) is 0 Å². The highest BCUT2D eigenvalue weighted by Crippen LogP contribution is 2.14. The Bertz CT molecular complexity index is 469. The molecule has 0 N–H and O–H groups in total. The van der Waals surface area contributed by atoms with Crippen molar-refractivity contribution in [3.8, 4) is 12.1 Å². The Hall–Kier alpha value is -1.45. The second-order valence-corrected chi connectivity index (χ2v) is 5.75. The van der Waals surface area contributed by atoms with Gasteiger partial charge < -0.3 is 0 Å². The number of unbranched alkanes of at least 4 members (excludes halogenated alkanes) is 2. The fraction of sp³-hybridized carbons (Fsp3) is 0.500. The van der Waals surface area contributed by atoms with E-state index in [1.807, 2.05) is 30.0 Å². The summed E-state index contributed by atoms with van der Waals surface area (Å²) in [5.74, 6) is 2.49. The molecule has 0 aliphatic carbocycles. The molecule has 0 unspecified atom stereocenters. The van der Waals surface area contributed by atoms with Gasteiger partial charge in [-0.2, -0.15) is 22.3 Å². The van der Waals surface area contributed by atoms with Gasteiger partial charge in [0.05, 0.1) is 11.1 Å². The molecular weight excluding hydrogens is 252 g/mol. The van der Waals surface area contributed by atoms with Gasteiger partial charge in [-0.1, -0.05) is 19.4 Å². The normalized spacial score (nSPS) is 9.84. The monoisotopic (exact) mass is 272 g/mol. The first-order chi connectivity index (χ1) is 9.31. The van der Waals surface area contributed by atoms with Gasteiger partial charge in [-0.25, -0.2) is 0 Å². The fourth-order valence-corrected chi connectivity index (χ4v) is 2.92. The number of thioether (sulfide) groups is 1. The quantitative estimate of drug-likeness (QED) is 0.663. The second kappa shape index (κ2) is 9.48. The second-order valence-electron chi connectivity index (χ2n) is 4.53. The first kappa shape index (κ1) is 15.6. The van der Waals surface area contributed by atoms with Gasteiger partial charge in [-0.15, -0.1) is 0 Å². The summed E-state index contributed by atoms with van der Waals surface area (Å²) in [7, 11) is 0. The van der Waals surface area contributed by atoms with Crippen LogP contribution in [0.15, 0.2) is 18.2 Å². The summed E-state index contributed by atoms with van der Waals surface area (Å²) in [5.41, 5.74) is 2.13. The van der Waals surface area contributed by atoms with Gasteiger partial charge >= 0.3 is 0 Å². The zero-order valence-electron chi connectivity index (χ0n) is 11.5. The average Bonchev–Trinajstić information content (AvgIpc) is 2.46. The molecule has 0 aromatic heterocycles. The van der Waals surface area contributed by atoms with Crippen LogP contribution < -0.4 is 0 Å². The van der Waals surface area contributed by atoms with E-state index in [0.717, 1.165) is 18.4 Å². The lowest BCUT2D eigenvalue weighted by molar-refractivity contribution is 0.800. The summed E-state index contributed by atoms with van der Waals surface area (Å²) in [6, 6.07) is 9.69. The van der Waals surface area contributed by atoms with Gasteiger partial charge in [0.15, 0.2) is 0 Å². The van der Waals surface area contributed by atoms with Crippen molar-refractivity contribution in [2.24, 2.45) is 0 Å². The highest BCUT2D eigenvalue weighted by Gasteiger charge is 2.02. The predicted molar refractivity (Wildman–Crippen MR) is 81.0 cm³/mol. The minimum Gasteiger partial charge on any atom is -0.192 e. The topological polar surface area (TPSA) is 47.6 Å². The van der Waals surface area contributed by atoms with E-state index >= 15 is 0 Å². The zero-order valence-corrected chi connectivity index (χ0v) is 12.3. The summed E-state index contributed by atoms with van der Waals surface area (Å²) >= 11 is 2.03. The molecule has 1 aromatic carbocycles. The SMILES string of the molecule is CCCCSCCCCc1ccc(C#N)c(C#N)c1. The van der Waals surface area contributed by atoms with Crippen LogP contribution in [0.3, 0.4) is 0 Å². The van der Waals surface area contributed by atoms with Crippen LogP contribution >= 0.6 is 11.8 Å². The molecule has 0 spiro atoms. The number of hydrogen-bond donors (Lipinski definition) is 0. The van der Waals surface area contributed by atoms with Crippen LogP contribution in [-0.2, 0) is 6.42 Å².